The Hall–Kier alpha value is -3.44. The molecular weight excluding hydrogens is 644 g/mol. The second-order valence-electron chi connectivity index (χ2n) is 10.3. The van der Waals surface area contributed by atoms with Crippen LogP contribution in [0.15, 0.2) is 24.5 Å². The number of esters is 1. The molecule has 0 spiro atoms. The van der Waals surface area contributed by atoms with Crippen LogP contribution in [0.25, 0.3) is 11.0 Å². The smallest absolute Gasteiger partial charge is 0.342 e. The van der Waals surface area contributed by atoms with Crippen molar-refractivity contribution in [3.63, 3.8) is 0 Å². The number of carbonyl (C=O) groups is 1. The lowest BCUT2D eigenvalue weighted by molar-refractivity contribution is -0.383. The highest BCUT2D eigenvalue weighted by Crippen LogP contribution is 2.58. The summed E-state index contributed by atoms with van der Waals surface area (Å²) in [5, 5.41) is 43.0. The highest BCUT2D eigenvalue weighted by molar-refractivity contribution is 7.70. The monoisotopic (exact) mass is 673 g/mol. The Morgan fingerprint density at radius 2 is 1.89 bits per heavy atom. The Bertz CT molecular complexity index is 1760. The first-order chi connectivity index (χ1) is 21.2. The van der Waals surface area contributed by atoms with Gasteiger partial charge in [0.05, 0.1) is 37.1 Å². The van der Waals surface area contributed by atoms with Gasteiger partial charge in [0, 0.05) is 23.6 Å². The molecule has 20 heteroatoms. The van der Waals surface area contributed by atoms with Gasteiger partial charge in [-0.25, -0.2) is 9.78 Å². The molecule has 0 bridgehead atoms. The van der Waals surface area contributed by atoms with Crippen LogP contribution in [0.1, 0.15) is 33.3 Å². The molecule has 2 aromatic carbocycles. The maximum Gasteiger partial charge on any atom is 0.342 e. The lowest BCUT2D eigenvalue weighted by Crippen LogP contribution is -2.33. The van der Waals surface area contributed by atoms with E-state index in [1.54, 1.807) is 6.92 Å². The van der Waals surface area contributed by atoms with Crippen LogP contribution >= 0.6 is 15.2 Å². The van der Waals surface area contributed by atoms with Gasteiger partial charge in [0.2, 0.25) is 0 Å². The molecule has 244 valence electrons. The number of methoxy groups -OCH3 is 1. The van der Waals surface area contributed by atoms with E-state index in [2.05, 4.69) is 4.98 Å². The van der Waals surface area contributed by atoms with E-state index in [9.17, 15) is 49.1 Å². The van der Waals surface area contributed by atoms with Gasteiger partial charge in [-0.2, -0.15) is 0 Å². The second-order valence-corrected chi connectivity index (χ2v) is 14.5. The Kier molecular flexibility index (Phi) is 9.07. The summed E-state index contributed by atoms with van der Waals surface area (Å²) in [7, 11) is -8.30. The number of aromatic hydroxyl groups is 1. The molecule has 6 atom stereocenters. The first kappa shape index (κ1) is 32.9. The number of carbonyl (C=O) groups excluding carboxylic acids is 1. The van der Waals surface area contributed by atoms with Crippen LogP contribution in [0.4, 0.5) is 5.69 Å². The van der Waals surface area contributed by atoms with Gasteiger partial charge in [-0.15, -0.1) is 0 Å². The quantitative estimate of drug-likeness (QED) is 0.0795. The van der Waals surface area contributed by atoms with E-state index in [1.165, 1.54) is 36.2 Å². The molecule has 5 N–H and O–H groups in total. The molecular formula is C25H29N3O15P2. The summed E-state index contributed by atoms with van der Waals surface area (Å²) >= 11 is 0. The Morgan fingerprint density at radius 3 is 2.58 bits per heavy atom. The van der Waals surface area contributed by atoms with Crippen LogP contribution in [0.2, 0.25) is 0 Å². The molecule has 5 rings (SSSR count). The standard InChI is InChI=1S/C25H29N3O15P2/c1-12-14-8-40-25(32)18(14)20(29)13(23(12)39-2)6-7-41-44(35,36)11-45(37,38)42-9-17-21(30)22(31)24(43-17)27-10-26-19-15(27)4-3-5-16(19)28(33)34/h3-5,10,17,21-22,24,29-31H,6-9,11H2,1-2H3,(H,35,36)(H,37,38)/t17-,21-,22-,24-/m1/s1. The Balaban J connectivity index is 1.20. The highest BCUT2D eigenvalue weighted by atomic mass is 31.2. The largest absolute Gasteiger partial charge is 0.507 e. The van der Waals surface area contributed by atoms with Crippen LogP contribution in [0.5, 0.6) is 11.5 Å². The number of hydrogen-bond donors (Lipinski definition) is 5. The molecule has 1 aromatic heterocycles. The summed E-state index contributed by atoms with van der Waals surface area (Å²) in [5.74, 6) is -2.29. The van der Waals surface area contributed by atoms with Crippen LogP contribution in [0, 0.1) is 17.0 Å². The summed E-state index contributed by atoms with van der Waals surface area (Å²) in [6, 6.07) is 4.13. The zero-order chi connectivity index (χ0) is 32.8. The number of ether oxygens (including phenoxy) is 3. The molecule has 0 amide bonds. The van der Waals surface area contributed by atoms with Gasteiger partial charge in [0.25, 0.3) is 5.69 Å². The molecule has 2 aliphatic heterocycles. The molecule has 0 saturated carbocycles. The molecule has 2 unspecified atom stereocenters. The van der Waals surface area contributed by atoms with Crippen molar-refractivity contribution in [1.29, 1.82) is 0 Å². The first-order valence-corrected chi connectivity index (χ1v) is 16.8. The van der Waals surface area contributed by atoms with E-state index in [0.717, 1.165) is 0 Å². The number of imidazole rings is 1. The van der Waals surface area contributed by atoms with E-state index in [0.29, 0.717) is 11.1 Å². The van der Waals surface area contributed by atoms with Gasteiger partial charge < -0.3 is 52.9 Å². The zero-order valence-corrected chi connectivity index (χ0v) is 25.5. The first-order valence-electron chi connectivity index (χ1n) is 13.3. The lowest BCUT2D eigenvalue weighted by Gasteiger charge is -2.20. The number of phenols is 1. The van der Waals surface area contributed by atoms with Crippen LogP contribution in [-0.2, 0) is 40.7 Å². The van der Waals surface area contributed by atoms with E-state index in [-0.39, 0.29) is 46.6 Å². The topological polar surface area (TPSA) is 259 Å². The predicted octanol–water partition coefficient (Wildman–Crippen LogP) is 1.86. The van der Waals surface area contributed by atoms with Gasteiger partial charge in [0.15, 0.2) is 17.6 Å². The minimum Gasteiger partial charge on any atom is -0.507 e. The third-order valence-electron chi connectivity index (χ3n) is 7.48. The van der Waals surface area contributed by atoms with Crippen molar-refractivity contribution in [3.05, 3.63) is 56.9 Å². The van der Waals surface area contributed by atoms with Gasteiger partial charge in [-0.3, -0.25) is 19.2 Å². The summed E-state index contributed by atoms with van der Waals surface area (Å²) in [6.07, 6.45) is -4.97. The van der Waals surface area contributed by atoms with E-state index in [1.807, 2.05) is 0 Å². The number of non-ortho nitro benzene ring substituents is 1. The molecule has 3 aromatic rings. The normalized spacial score (nSPS) is 23.8. The highest BCUT2D eigenvalue weighted by Gasteiger charge is 2.46. The van der Waals surface area contributed by atoms with E-state index in [4.69, 9.17) is 23.3 Å². The summed E-state index contributed by atoms with van der Waals surface area (Å²) in [4.78, 5) is 47.3. The number of cyclic esters (lactones) is 1. The molecule has 1 saturated heterocycles. The second kappa shape index (κ2) is 12.4. The average molecular weight is 673 g/mol. The number of aliphatic hydroxyl groups is 2. The van der Waals surface area contributed by atoms with Crippen molar-refractivity contribution in [2.24, 2.45) is 0 Å². The number of aliphatic hydroxyl groups excluding tert-OH is 2. The van der Waals surface area contributed by atoms with Crippen molar-refractivity contribution in [2.45, 2.75) is 44.5 Å². The molecule has 1 fully saturated rings. The Morgan fingerprint density at radius 1 is 1.18 bits per heavy atom. The molecule has 45 heavy (non-hydrogen) atoms. The number of phenolic OH excluding ortho intramolecular Hbond substituents is 1. The maximum absolute atomic E-state index is 12.7. The minimum atomic E-state index is -4.85. The summed E-state index contributed by atoms with van der Waals surface area (Å²) in [5.41, 5.74) is 0.967. The maximum atomic E-state index is 12.7. The summed E-state index contributed by atoms with van der Waals surface area (Å²) in [6.45, 7) is 0.285. The third kappa shape index (κ3) is 6.34. The Labute approximate surface area is 253 Å². The lowest BCUT2D eigenvalue weighted by atomic mass is 9.95. The molecule has 2 aliphatic rings. The average Bonchev–Trinajstić information content (AvgIpc) is 3.65. The minimum absolute atomic E-state index is 0.00789. The van der Waals surface area contributed by atoms with Gasteiger partial charge in [0.1, 0.15) is 42.0 Å². The van der Waals surface area contributed by atoms with Crippen LogP contribution < -0.4 is 4.74 Å². The molecule has 0 radical (unpaired) electrons. The van der Waals surface area contributed by atoms with Crippen molar-refractivity contribution in [2.75, 3.05) is 26.2 Å². The van der Waals surface area contributed by atoms with Crippen molar-refractivity contribution >= 4 is 37.9 Å². The van der Waals surface area contributed by atoms with Gasteiger partial charge >= 0.3 is 21.2 Å². The number of aromatic nitrogens is 2. The molecule has 0 aliphatic carbocycles. The van der Waals surface area contributed by atoms with Crippen molar-refractivity contribution in [1.82, 2.24) is 9.55 Å². The van der Waals surface area contributed by atoms with Gasteiger partial charge in [-0.1, -0.05) is 6.07 Å². The zero-order valence-electron chi connectivity index (χ0n) is 23.7. The number of nitrogens with zero attached hydrogens (tertiary/aromatic N) is 3. The number of nitro groups is 1. The number of benzene rings is 2. The summed E-state index contributed by atoms with van der Waals surface area (Å²) < 4.78 is 52.5. The van der Waals surface area contributed by atoms with Crippen LogP contribution in [0.3, 0.4) is 0 Å². The fourth-order valence-corrected chi connectivity index (χ4v) is 8.56. The number of nitro benzene ring substituents is 1. The van der Waals surface area contributed by atoms with Gasteiger partial charge in [-0.05, 0) is 18.6 Å². The number of fused-ring (bicyclic) bond motifs is 2. The van der Waals surface area contributed by atoms with E-state index < -0.39 is 75.5 Å². The third-order valence-corrected chi connectivity index (χ3v) is 11.5. The predicted molar refractivity (Wildman–Crippen MR) is 151 cm³/mol. The fourth-order valence-electron chi connectivity index (χ4n) is 5.35. The molecule has 3 heterocycles. The van der Waals surface area contributed by atoms with Crippen molar-refractivity contribution in [3.8, 4) is 11.5 Å². The van der Waals surface area contributed by atoms with Crippen LogP contribution in [-0.4, -0.2) is 90.1 Å². The number of hydrogen-bond acceptors (Lipinski definition) is 14. The number of para-hydroxylation sites is 1. The fraction of sp³-hybridized carbons (Fsp3) is 0.440. The van der Waals surface area contributed by atoms with E-state index >= 15 is 0 Å². The SMILES string of the molecule is COc1c(C)c2c(c(O)c1CCOP(=O)(O)CP(=O)(O)OC[C@H]1O[C@@H](n3cnc4c([N+](=O)[O-])cccc43)[C@H](O)[C@@H]1O)C(=O)OC2. The van der Waals surface area contributed by atoms with Crippen molar-refractivity contribution < 1.29 is 67.2 Å². The molecule has 18 nitrogen and oxygen atoms in total. The number of rotatable bonds is 12.